The van der Waals surface area contributed by atoms with Crippen molar-refractivity contribution in [1.29, 1.82) is 0 Å². The molecule has 1 aliphatic heterocycles. The molecule has 1 aromatic heterocycles. The van der Waals surface area contributed by atoms with Crippen molar-refractivity contribution in [3.8, 4) is 0 Å². The van der Waals surface area contributed by atoms with Gasteiger partial charge in [-0.25, -0.2) is 9.37 Å². The number of nitrogens with zero attached hydrogens (tertiary/aromatic N) is 2. The lowest BCUT2D eigenvalue weighted by Gasteiger charge is -2.16. The van der Waals surface area contributed by atoms with Crippen LogP contribution in [0.25, 0.3) is 10.9 Å². The Kier molecular flexibility index (Phi) is 3.11. The van der Waals surface area contributed by atoms with Crippen LogP contribution in [0, 0.1) is 12.7 Å². The maximum absolute atomic E-state index is 13.0. The third kappa shape index (κ3) is 2.36. The number of aromatic nitrogens is 1. The lowest BCUT2D eigenvalue weighted by Crippen LogP contribution is -2.29. The molecule has 0 saturated heterocycles. The van der Waals surface area contributed by atoms with Crippen LogP contribution >= 0.6 is 0 Å². The largest absolute Gasteiger partial charge is 0.292 e. The number of fused-ring (bicyclic) bond motifs is 2. The van der Waals surface area contributed by atoms with Crippen LogP contribution in [0.3, 0.4) is 0 Å². The van der Waals surface area contributed by atoms with Gasteiger partial charge >= 0.3 is 0 Å². The molecule has 0 saturated carbocycles. The highest BCUT2D eigenvalue weighted by Gasteiger charge is 2.27. The van der Waals surface area contributed by atoms with E-state index in [1.54, 1.807) is 4.90 Å². The van der Waals surface area contributed by atoms with Gasteiger partial charge in [0.2, 0.25) is 0 Å². The summed E-state index contributed by atoms with van der Waals surface area (Å²) < 4.78 is 13.0. The molecule has 4 heteroatoms. The van der Waals surface area contributed by atoms with Crippen LogP contribution in [0.4, 0.5) is 10.2 Å². The zero-order chi connectivity index (χ0) is 16.0. The Morgan fingerprint density at radius 3 is 2.70 bits per heavy atom. The Morgan fingerprint density at radius 2 is 1.91 bits per heavy atom. The van der Waals surface area contributed by atoms with Crippen molar-refractivity contribution >= 4 is 22.6 Å². The first-order valence-corrected chi connectivity index (χ1v) is 7.59. The van der Waals surface area contributed by atoms with E-state index in [9.17, 15) is 9.18 Å². The van der Waals surface area contributed by atoms with Crippen molar-refractivity contribution in [2.75, 3.05) is 11.4 Å². The molecule has 0 spiro atoms. The SMILES string of the molecule is Cc1ccc2nc3c(cc2c1)CCN3C(=O)c1ccc(F)cc1. The van der Waals surface area contributed by atoms with Gasteiger partial charge in [0.05, 0.1) is 5.52 Å². The quantitative estimate of drug-likeness (QED) is 0.683. The minimum Gasteiger partial charge on any atom is -0.292 e. The molecule has 0 atom stereocenters. The Balaban J connectivity index is 1.76. The molecule has 1 amide bonds. The zero-order valence-corrected chi connectivity index (χ0v) is 12.7. The third-order valence-electron chi connectivity index (χ3n) is 4.22. The fraction of sp³-hybridized carbons (Fsp3) is 0.158. The number of pyridine rings is 1. The minimum absolute atomic E-state index is 0.136. The van der Waals surface area contributed by atoms with Gasteiger partial charge in [0, 0.05) is 17.5 Å². The van der Waals surface area contributed by atoms with Crippen LogP contribution < -0.4 is 4.90 Å². The molecule has 3 nitrogen and oxygen atoms in total. The topological polar surface area (TPSA) is 33.2 Å². The Morgan fingerprint density at radius 1 is 1.13 bits per heavy atom. The van der Waals surface area contributed by atoms with Gasteiger partial charge in [0.25, 0.3) is 5.91 Å². The number of rotatable bonds is 1. The lowest BCUT2D eigenvalue weighted by molar-refractivity contribution is 0.0988. The highest BCUT2D eigenvalue weighted by molar-refractivity contribution is 6.07. The van der Waals surface area contributed by atoms with Crippen molar-refractivity contribution < 1.29 is 9.18 Å². The van der Waals surface area contributed by atoms with Gasteiger partial charge in [-0.2, -0.15) is 0 Å². The zero-order valence-electron chi connectivity index (χ0n) is 12.7. The number of amides is 1. The van der Waals surface area contributed by atoms with Gasteiger partial charge in [-0.1, -0.05) is 11.6 Å². The lowest BCUT2D eigenvalue weighted by atomic mass is 10.1. The minimum atomic E-state index is -0.345. The summed E-state index contributed by atoms with van der Waals surface area (Å²) in [6, 6.07) is 13.9. The summed E-state index contributed by atoms with van der Waals surface area (Å²) in [6.07, 6.45) is 0.791. The second-order valence-electron chi connectivity index (χ2n) is 5.88. The predicted molar refractivity (Wildman–Crippen MR) is 88.3 cm³/mol. The standard InChI is InChI=1S/C19H15FN2O/c1-12-2-7-17-15(10-12)11-14-8-9-22(18(14)21-17)19(23)13-3-5-16(20)6-4-13/h2-7,10-11H,8-9H2,1H3. The summed E-state index contributed by atoms with van der Waals surface area (Å²) in [5, 5.41) is 1.10. The van der Waals surface area contributed by atoms with E-state index in [2.05, 4.69) is 24.0 Å². The summed E-state index contributed by atoms with van der Waals surface area (Å²) in [5.41, 5.74) is 3.63. The van der Waals surface area contributed by atoms with E-state index in [0.717, 1.165) is 28.7 Å². The van der Waals surface area contributed by atoms with Crippen LogP contribution in [0.2, 0.25) is 0 Å². The first kappa shape index (κ1) is 13.9. The molecule has 1 aliphatic rings. The summed E-state index contributed by atoms with van der Waals surface area (Å²) in [6.45, 7) is 2.66. The summed E-state index contributed by atoms with van der Waals surface area (Å²) in [7, 11) is 0. The van der Waals surface area contributed by atoms with Crippen LogP contribution in [-0.4, -0.2) is 17.4 Å². The molecule has 0 unspecified atom stereocenters. The van der Waals surface area contributed by atoms with Crippen molar-refractivity contribution in [2.45, 2.75) is 13.3 Å². The number of halogens is 1. The second kappa shape index (κ2) is 5.16. The second-order valence-corrected chi connectivity index (χ2v) is 5.88. The molecule has 3 aromatic rings. The number of benzene rings is 2. The summed E-state index contributed by atoms with van der Waals surface area (Å²) in [4.78, 5) is 19.0. The van der Waals surface area contributed by atoms with Crippen LogP contribution in [0.15, 0.2) is 48.5 Å². The molecule has 0 bridgehead atoms. The van der Waals surface area contributed by atoms with Crippen LogP contribution in [-0.2, 0) is 6.42 Å². The average Bonchev–Trinajstić information content (AvgIpc) is 2.95. The van der Waals surface area contributed by atoms with E-state index in [1.165, 1.54) is 29.8 Å². The van der Waals surface area contributed by atoms with Crippen molar-refractivity contribution in [2.24, 2.45) is 0 Å². The monoisotopic (exact) mass is 306 g/mol. The molecule has 2 heterocycles. The third-order valence-corrected chi connectivity index (χ3v) is 4.22. The molecular weight excluding hydrogens is 291 g/mol. The molecule has 114 valence electrons. The average molecular weight is 306 g/mol. The van der Waals surface area contributed by atoms with E-state index in [-0.39, 0.29) is 11.7 Å². The van der Waals surface area contributed by atoms with Crippen LogP contribution in [0.1, 0.15) is 21.5 Å². The fourth-order valence-electron chi connectivity index (χ4n) is 3.03. The van der Waals surface area contributed by atoms with Gasteiger partial charge in [0.1, 0.15) is 11.6 Å². The molecule has 0 N–H and O–H groups in total. The molecular formula is C19H15FN2O. The number of carbonyl (C=O) groups is 1. The normalized spacial score (nSPS) is 13.4. The van der Waals surface area contributed by atoms with Crippen molar-refractivity contribution in [3.63, 3.8) is 0 Å². The summed E-state index contributed by atoms with van der Waals surface area (Å²) >= 11 is 0. The maximum atomic E-state index is 13.0. The Bertz CT molecular complexity index is 919. The first-order chi connectivity index (χ1) is 11.1. The fourth-order valence-corrected chi connectivity index (χ4v) is 3.03. The smallest absolute Gasteiger partial charge is 0.259 e. The van der Waals surface area contributed by atoms with Gasteiger partial charge in [-0.15, -0.1) is 0 Å². The van der Waals surface area contributed by atoms with Gasteiger partial charge in [0.15, 0.2) is 0 Å². The highest BCUT2D eigenvalue weighted by atomic mass is 19.1. The Hall–Kier alpha value is -2.75. The maximum Gasteiger partial charge on any atom is 0.259 e. The molecule has 0 fully saturated rings. The molecule has 0 radical (unpaired) electrons. The van der Waals surface area contributed by atoms with E-state index in [0.29, 0.717) is 12.1 Å². The first-order valence-electron chi connectivity index (χ1n) is 7.59. The van der Waals surface area contributed by atoms with E-state index < -0.39 is 0 Å². The number of aryl methyl sites for hydroxylation is 1. The summed E-state index contributed by atoms with van der Waals surface area (Å²) in [5.74, 6) is 0.237. The molecule has 0 aliphatic carbocycles. The van der Waals surface area contributed by atoms with E-state index >= 15 is 0 Å². The number of anilines is 1. The van der Waals surface area contributed by atoms with Crippen molar-refractivity contribution in [3.05, 3.63) is 71.0 Å². The van der Waals surface area contributed by atoms with Gasteiger partial charge in [-0.05, 0) is 61.4 Å². The number of hydrogen-bond donors (Lipinski definition) is 0. The molecule has 4 rings (SSSR count). The molecule has 23 heavy (non-hydrogen) atoms. The highest BCUT2D eigenvalue weighted by Crippen LogP contribution is 2.30. The number of hydrogen-bond acceptors (Lipinski definition) is 2. The predicted octanol–water partition coefficient (Wildman–Crippen LogP) is 3.89. The van der Waals surface area contributed by atoms with Gasteiger partial charge < -0.3 is 0 Å². The molecule has 2 aromatic carbocycles. The number of carbonyl (C=O) groups excluding carboxylic acids is 1. The van der Waals surface area contributed by atoms with E-state index in [1.807, 2.05) is 12.1 Å². The van der Waals surface area contributed by atoms with Gasteiger partial charge in [-0.3, -0.25) is 9.69 Å². The van der Waals surface area contributed by atoms with Crippen molar-refractivity contribution in [1.82, 2.24) is 4.98 Å². The van der Waals surface area contributed by atoms with E-state index in [4.69, 9.17) is 0 Å². The van der Waals surface area contributed by atoms with Crippen LogP contribution in [0.5, 0.6) is 0 Å². The Labute approximate surface area is 133 Å².